The number of hydrogen-bond acceptors (Lipinski definition) is 2. The van der Waals surface area contributed by atoms with Gasteiger partial charge in [-0.15, -0.1) is 0 Å². The summed E-state index contributed by atoms with van der Waals surface area (Å²) >= 11 is 6.19. The second-order valence-corrected chi connectivity index (χ2v) is 7.60. The Morgan fingerprint density at radius 3 is 2.26 bits per heavy atom. The number of benzene rings is 4. The maximum absolute atomic E-state index is 12.6. The number of rotatable bonds is 7. The summed E-state index contributed by atoms with van der Waals surface area (Å²) < 4.78 is 5.87. The molecule has 0 aliphatic heterocycles. The second kappa shape index (κ2) is 9.96. The quantitative estimate of drug-likeness (QED) is 0.360. The average molecular weight is 428 g/mol. The van der Waals surface area contributed by atoms with Crippen LogP contribution in [-0.2, 0) is 11.2 Å². The van der Waals surface area contributed by atoms with Gasteiger partial charge in [0.05, 0.1) is 0 Å². The van der Waals surface area contributed by atoms with Crippen LogP contribution in [0.3, 0.4) is 0 Å². The van der Waals surface area contributed by atoms with E-state index >= 15 is 0 Å². The summed E-state index contributed by atoms with van der Waals surface area (Å²) in [5, 5.41) is 3.61. The predicted octanol–water partition coefficient (Wildman–Crippen LogP) is 6.62. The molecule has 0 aliphatic carbocycles. The second-order valence-electron chi connectivity index (χ2n) is 7.16. The van der Waals surface area contributed by atoms with Gasteiger partial charge in [0.1, 0.15) is 5.75 Å². The number of halogens is 1. The van der Waals surface area contributed by atoms with Gasteiger partial charge in [0.2, 0.25) is 0 Å². The van der Waals surface area contributed by atoms with Crippen molar-refractivity contribution in [1.29, 1.82) is 0 Å². The zero-order valence-electron chi connectivity index (χ0n) is 16.9. The lowest BCUT2D eigenvalue weighted by Gasteiger charge is -2.14. The van der Waals surface area contributed by atoms with E-state index in [4.69, 9.17) is 16.3 Å². The Morgan fingerprint density at radius 2 is 1.48 bits per heavy atom. The Bertz CT molecular complexity index is 1160. The molecule has 1 amide bonds. The van der Waals surface area contributed by atoms with Crippen molar-refractivity contribution in [2.24, 2.45) is 0 Å². The Kier molecular flexibility index (Phi) is 6.65. The number of carbonyl (C=O) groups excluding carboxylic acids is 1. The number of carbonyl (C=O) groups is 1. The summed E-state index contributed by atoms with van der Waals surface area (Å²) in [5.74, 6) is 0.434. The number of nitrogens with one attached hydrogen (secondary N) is 1. The van der Waals surface area contributed by atoms with Gasteiger partial charge in [-0.3, -0.25) is 4.79 Å². The third kappa shape index (κ3) is 5.53. The molecule has 154 valence electrons. The Labute approximate surface area is 187 Å². The summed E-state index contributed by atoms with van der Waals surface area (Å²) in [6.45, 7) is -0.0907. The van der Waals surface area contributed by atoms with E-state index in [0.717, 1.165) is 27.9 Å². The van der Waals surface area contributed by atoms with Crippen LogP contribution >= 0.6 is 11.6 Å². The van der Waals surface area contributed by atoms with Gasteiger partial charge < -0.3 is 10.1 Å². The topological polar surface area (TPSA) is 38.3 Å². The van der Waals surface area contributed by atoms with Gasteiger partial charge >= 0.3 is 0 Å². The maximum atomic E-state index is 12.6. The van der Waals surface area contributed by atoms with Crippen LogP contribution in [0, 0.1) is 0 Å². The van der Waals surface area contributed by atoms with E-state index in [0.29, 0.717) is 17.2 Å². The van der Waals surface area contributed by atoms with Crippen LogP contribution < -0.4 is 10.1 Å². The molecule has 4 heteroatoms. The monoisotopic (exact) mass is 427 g/mol. The highest BCUT2D eigenvalue weighted by atomic mass is 35.5. The van der Waals surface area contributed by atoms with E-state index in [1.807, 2.05) is 84.9 Å². The molecule has 4 rings (SSSR count). The number of anilines is 1. The van der Waals surface area contributed by atoms with Crippen LogP contribution in [0.1, 0.15) is 11.1 Å². The molecule has 4 aromatic carbocycles. The summed E-state index contributed by atoms with van der Waals surface area (Å²) in [7, 11) is 0. The van der Waals surface area contributed by atoms with Crippen molar-refractivity contribution in [1.82, 2.24) is 0 Å². The highest BCUT2D eigenvalue weighted by Gasteiger charge is 2.11. The Hall–Kier alpha value is -3.56. The van der Waals surface area contributed by atoms with Crippen LogP contribution in [0.4, 0.5) is 5.69 Å². The van der Waals surface area contributed by atoms with Crippen molar-refractivity contribution in [3.8, 4) is 16.9 Å². The predicted molar refractivity (Wildman–Crippen MR) is 127 cm³/mol. The number of hydrogen-bond donors (Lipinski definition) is 1. The Balaban J connectivity index is 1.46. The first-order valence-corrected chi connectivity index (χ1v) is 10.5. The fourth-order valence-electron chi connectivity index (χ4n) is 3.43. The molecule has 0 saturated heterocycles. The first-order chi connectivity index (χ1) is 15.2. The number of amides is 1. The maximum Gasteiger partial charge on any atom is 0.262 e. The molecule has 0 radical (unpaired) electrons. The van der Waals surface area contributed by atoms with E-state index < -0.39 is 0 Å². The molecule has 0 unspecified atom stereocenters. The lowest BCUT2D eigenvalue weighted by atomic mass is 10.0. The van der Waals surface area contributed by atoms with E-state index in [2.05, 4.69) is 17.4 Å². The van der Waals surface area contributed by atoms with Crippen molar-refractivity contribution in [3.63, 3.8) is 0 Å². The largest absolute Gasteiger partial charge is 0.483 e. The van der Waals surface area contributed by atoms with Gasteiger partial charge in [-0.25, -0.2) is 0 Å². The van der Waals surface area contributed by atoms with E-state index in [9.17, 15) is 4.79 Å². The molecule has 0 aromatic heterocycles. The minimum atomic E-state index is -0.219. The fourth-order valence-corrected chi connectivity index (χ4v) is 3.63. The van der Waals surface area contributed by atoms with Crippen molar-refractivity contribution >= 4 is 23.2 Å². The summed E-state index contributed by atoms with van der Waals surface area (Å²) in [4.78, 5) is 12.6. The molecular weight excluding hydrogens is 406 g/mol. The van der Waals surface area contributed by atoms with Gasteiger partial charge in [-0.2, -0.15) is 0 Å². The van der Waals surface area contributed by atoms with Crippen LogP contribution in [-0.4, -0.2) is 12.5 Å². The number of para-hydroxylation sites is 1. The molecule has 0 spiro atoms. The van der Waals surface area contributed by atoms with Gasteiger partial charge in [-0.1, -0.05) is 90.5 Å². The molecule has 0 saturated carbocycles. The van der Waals surface area contributed by atoms with Crippen LogP contribution in [0.25, 0.3) is 11.1 Å². The minimum absolute atomic E-state index is 0.0907. The zero-order valence-corrected chi connectivity index (χ0v) is 17.7. The molecule has 0 bridgehead atoms. The van der Waals surface area contributed by atoms with Crippen molar-refractivity contribution < 1.29 is 9.53 Å². The first-order valence-electron chi connectivity index (χ1n) is 10.1. The van der Waals surface area contributed by atoms with E-state index in [1.165, 1.54) is 0 Å². The molecule has 0 atom stereocenters. The molecule has 0 heterocycles. The SMILES string of the molecule is O=C(COc1ccc(Cl)cc1Cc1ccccc1)Nc1ccccc1-c1ccccc1. The summed E-state index contributed by atoms with van der Waals surface area (Å²) in [6, 6.07) is 33.3. The lowest BCUT2D eigenvalue weighted by molar-refractivity contribution is -0.118. The van der Waals surface area contributed by atoms with Gasteiger partial charge in [-0.05, 0) is 41.0 Å². The highest BCUT2D eigenvalue weighted by molar-refractivity contribution is 6.30. The molecule has 1 N–H and O–H groups in total. The van der Waals surface area contributed by atoms with Gasteiger partial charge in [0.25, 0.3) is 5.91 Å². The zero-order chi connectivity index (χ0) is 21.5. The highest BCUT2D eigenvalue weighted by Crippen LogP contribution is 2.28. The summed E-state index contributed by atoms with van der Waals surface area (Å²) in [6.07, 6.45) is 0.676. The van der Waals surface area contributed by atoms with E-state index in [1.54, 1.807) is 6.07 Å². The molecule has 31 heavy (non-hydrogen) atoms. The molecule has 3 nitrogen and oxygen atoms in total. The van der Waals surface area contributed by atoms with Crippen LogP contribution in [0.2, 0.25) is 5.02 Å². The standard InChI is InChI=1S/C27H22ClNO2/c28-23-15-16-26(22(18-23)17-20-9-3-1-4-10-20)31-19-27(30)29-25-14-8-7-13-24(25)21-11-5-2-6-12-21/h1-16,18H,17,19H2,(H,29,30). The fraction of sp³-hybridized carbons (Fsp3) is 0.0741. The third-order valence-electron chi connectivity index (χ3n) is 4.90. The summed E-state index contributed by atoms with van der Waals surface area (Å²) in [5.41, 5.74) is 4.85. The van der Waals surface area contributed by atoms with Crippen molar-refractivity contribution in [2.75, 3.05) is 11.9 Å². The van der Waals surface area contributed by atoms with Crippen LogP contribution in [0.15, 0.2) is 103 Å². The first kappa shape index (κ1) is 20.7. The smallest absolute Gasteiger partial charge is 0.262 e. The van der Waals surface area contributed by atoms with Crippen molar-refractivity contribution in [2.45, 2.75) is 6.42 Å². The molecular formula is C27H22ClNO2. The normalized spacial score (nSPS) is 10.5. The molecule has 0 fully saturated rings. The van der Waals surface area contributed by atoms with E-state index in [-0.39, 0.29) is 12.5 Å². The van der Waals surface area contributed by atoms with Crippen LogP contribution in [0.5, 0.6) is 5.75 Å². The third-order valence-corrected chi connectivity index (χ3v) is 5.14. The average Bonchev–Trinajstić information content (AvgIpc) is 2.80. The van der Waals surface area contributed by atoms with Gasteiger partial charge in [0.15, 0.2) is 6.61 Å². The molecule has 4 aromatic rings. The van der Waals surface area contributed by atoms with Gasteiger partial charge in [0, 0.05) is 22.7 Å². The number of ether oxygens (including phenoxy) is 1. The Morgan fingerprint density at radius 1 is 0.806 bits per heavy atom. The van der Waals surface area contributed by atoms with Crippen molar-refractivity contribution in [3.05, 3.63) is 119 Å². The molecule has 0 aliphatic rings. The minimum Gasteiger partial charge on any atom is -0.483 e. The lowest BCUT2D eigenvalue weighted by Crippen LogP contribution is -2.21.